The maximum atomic E-state index is 12.8. The first-order valence-electron chi connectivity index (χ1n) is 26.4. The van der Waals surface area contributed by atoms with E-state index >= 15 is 0 Å². The maximum Gasteiger partial charge on any atom is 0.306 e. The zero-order valence-electron chi connectivity index (χ0n) is 40.2. The average Bonchev–Trinajstić information content (AvgIpc) is 3.23. The monoisotopic (exact) mass is 835 g/mol. The van der Waals surface area contributed by atoms with Crippen molar-refractivity contribution in [2.24, 2.45) is 5.92 Å². The fourth-order valence-corrected chi connectivity index (χ4v) is 8.01. The third-order valence-electron chi connectivity index (χ3n) is 12.4. The van der Waals surface area contributed by atoms with Crippen molar-refractivity contribution in [3.05, 3.63) is 0 Å². The van der Waals surface area contributed by atoms with Gasteiger partial charge in [0.05, 0.1) is 0 Å². The SMILES string of the molecule is CCCCCCCCCCCCCCCCCCC(=O)OC[C@@H](COC(=O)CCCCCCCCC)OC(=O)CCCCCCCCCCCCCCCCC(C)CC. The normalized spacial score (nSPS) is 12.4. The first kappa shape index (κ1) is 57.4. The molecular formula is C53H102O6. The fraction of sp³-hybridized carbons (Fsp3) is 0.943. The number of hydrogen-bond acceptors (Lipinski definition) is 6. The molecule has 6 nitrogen and oxygen atoms in total. The number of rotatable bonds is 48. The van der Waals surface area contributed by atoms with Crippen LogP contribution in [-0.2, 0) is 28.6 Å². The van der Waals surface area contributed by atoms with E-state index in [0.717, 1.165) is 63.7 Å². The largest absolute Gasteiger partial charge is 0.462 e. The molecule has 2 atom stereocenters. The summed E-state index contributed by atoms with van der Waals surface area (Å²) in [4.78, 5) is 37.8. The molecule has 6 heteroatoms. The average molecular weight is 835 g/mol. The molecule has 0 aliphatic heterocycles. The highest BCUT2D eigenvalue weighted by Crippen LogP contribution is 2.18. The molecule has 0 fully saturated rings. The first-order chi connectivity index (χ1) is 28.9. The number of carbonyl (C=O) groups is 3. The van der Waals surface area contributed by atoms with Gasteiger partial charge in [-0.2, -0.15) is 0 Å². The minimum absolute atomic E-state index is 0.0630. The van der Waals surface area contributed by atoms with Gasteiger partial charge in [0.1, 0.15) is 13.2 Å². The molecule has 0 radical (unpaired) electrons. The lowest BCUT2D eigenvalue weighted by Crippen LogP contribution is -2.30. The van der Waals surface area contributed by atoms with Gasteiger partial charge in [-0.15, -0.1) is 0 Å². The zero-order chi connectivity index (χ0) is 43.1. The van der Waals surface area contributed by atoms with Gasteiger partial charge in [0.2, 0.25) is 0 Å². The number of esters is 3. The van der Waals surface area contributed by atoms with Crippen LogP contribution in [0.5, 0.6) is 0 Å². The summed E-state index contributed by atoms with van der Waals surface area (Å²) < 4.78 is 16.8. The first-order valence-corrected chi connectivity index (χ1v) is 26.4. The van der Waals surface area contributed by atoms with E-state index in [1.165, 1.54) is 193 Å². The summed E-state index contributed by atoms with van der Waals surface area (Å²) in [5.74, 6) is 0.0448. The number of unbranched alkanes of at least 4 members (excludes halogenated alkanes) is 34. The van der Waals surface area contributed by atoms with Gasteiger partial charge in [-0.05, 0) is 25.2 Å². The van der Waals surface area contributed by atoms with Crippen molar-refractivity contribution in [3.63, 3.8) is 0 Å². The van der Waals surface area contributed by atoms with Crippen LogP contribution in [0, 0.1) is 5.92 Å². The van der Waals surface area contributed by atoms with Crippen LogP contribution in [-0.4, -0.2) is 37.2 Å². The van der Waals surface area contributed by atoms with E-state index in [1.54, 1.807) is 0 Å². The summed E-state index contributed by atoms with van der Waals surface area (Å²) in [5, 5.41) is 0. The third-order valence-corrected chi connectivity index (χ3v) is 12.4. The highest BCUT2D eigenvalue weighted by Gasteiger charge is 2.19. The molecule has 0 N–H and O–H groups in total. The molecule has 0 aromatic carbocycles. The van der Waals surface area contributed by atoms with Crippen molar-refractivity contribution >= 4 is 17.9 Å². The van der Waals surface area contributed by atoms with Crippen LogP contribution < -0.4 is 0 Å². The van der Waals surface area contributed by atoms with E-state index in [1.807, 2.05) is 0 Å². The summed E-state index contributed by atoms with van der Waals surface area (Å²) in [6, 6.07) is 0. The van der Waals surface area contributed by atoms with Crippen LogP contribution in [0.1, 0.15) is 297 Å². The van der Waals surface area contributed by atoms with Gasteiger partial charge < -0.3 is 14.2 Å². The molecule has 350 valence electrons. The predicted octanol–water partition coefficient (Wildman–Crippen LogP) is 17.1. The second kappa shape index (κ2) is 47.5. The van der Waals surface area contributed by atoms with Crippen molar-refractivity contribution in [3.8, 4) is 0 Å². The summed E-state index contributed by atoms with van der Waals surface area (Å²) in [6.07, 6.45) is 49.5. The van der Waals surface area contributed by atoms with Crippen molar-refractivity contribution in [2.45, 2.75) is 303 Å². The Morgan fingerprint density at radius 1 is 0.339 bits per heavy atom. The van der Waals surface area contributed by atoms with Crippen LogP contribution in [0.15, 0.2) is 0 Å². The Morgan fingerprint density at radius 2 is 0.593 bits per heavy atom. The van der Waals surface area contributed by atoms with E-state index in [-0.39, 0.29) is 31.1 Å². The molecule has 0 aliphatic carbocycles. The Morgan fingerprint density at radius 3 is 0.881 bits per heavy atom. The molecule has 0 saturated carbocycles. The lowest BCUT2D eigenvalue weighted by Gasteiger charge is -2.18. The Hall–Kier alpha value is -1.59. The van der Waals surface area contributed by atoms with Crippen molar-refractivity contribution in [2.75, 3.05) is 13.2 Å². The Bertz CT molecular complexity index is 889. The van der Waals surface area contributed by atoms with Gasteiger partial charge in [0.15, 0.2) is 6.10 Å². The molecule has 0 aromatic heterocycles. The van der Waals surface area contributed by atoms with Gasteiger partial charge in [-0.25, -0.2) is 0 Å². The summed E-state index contributed by atoms with van der Waals surface area (Å²) >= 11 is 0. The van der Waals surface area contributed by atoms with Gasteiger partial charge in [0.25, 0.3) is 0 Å². The zero-order valence-corrected chi connectivity index (χ0v) is 40.2. The molecule has 0 spiro atoms. The van der Waals surface area contributed by atoms with Crippen molar-refractivity contribution < 1.29 is 28.6 Å². The van der Waals surface area contributed by atoms with Crippen LogP contribution in [0.4, 0.5) is 0 Å². The van der Waals surface area contributed by atoms with Crippen molar-refractivity contribution in [1.82, 2.24) is 0 Å². The Labute approximate surface area is 368 Å². The molecule has 1 unspecified atom stereocenters. The lowest BCUT2D eigenvalue weighted by atomic mass is 9.99. The van der Waals surface area contributed by atoms with Crippen LogP contribution in [0.25, 0.3) is 0 Å². The van der Waals surface area contributed by atoms with E-state index in [9.17, 15) is 14.4 Å². The van der Waals surface area contributed by atoms with Gasteiger partial charge in [-0.3, -0.25) is 14.4 Å². The molecule has 59 heavy (non-hydrogen) atoms. The highest BCUT2D eigenvalue weighted by molar-refractivity contribution is 5.71. The van der Waals surface area contributed by atoms with Crippen LogP contribution >= 0.6 is 0 Å². The number of hydrogen-bond donors (Lipinski definition) is 0. The summed E-state index contributed by atoms with van der Waals surface area (Å²) in [6.45, 7) is 9.04. The lowest BCUT2D eigenvalue weighted by molar-refractivity contribution is -0.167. The van der Waals surface area contributed by atoms with Gasteiger partial charge in [-0.1, -0.05) is 259 Å². The standard InChI is InChI=1S/C53H102O6/c1-5-8-10-12-14-15-16-17-18-19-23-26-29-33-37-41-45-52(55)58-48-50(47-57-51(54)44-40-36-31-13-11-9-6-2)59-53(56)46-42-38-34-30-27-24-21-20-22-25-28-32-35-39-43-49(4)7-3/h49-50H,5-48H2,1-4H3/t49?,50-/m1/s1. The van der Waals surface area contributed by atoms with Gasteiger partial charge in [0, 0.05) is 19.3 Å². The van der Waals surface area contributed by atoms with Crippen LogP contribution in [0.2, 0.25) is 0 Å². The second-order valence-corrected chi connectivity index (χ2v) is 18.4. The molecule has 0 amide bonds. The van der Waals surface area contributed by atoms with E-state index in [2.05, 4.69) is 27.7 Å². The minimum atomic E-state index is -0.759. The molecule has 0 aliphatic rings. The van der Waals surface area contributed by atoms with Crippen molar-refractivity contribution in [1.29, 1.82) is 0 Å². The molecule has 0 aromatic rings. The van der Waals surface area contributed by atoms with E-state index in [0.29, 0.717) is 19.3 Å². The molecule has 0 rings (SSSR count). The smallest absolute Gasteiger partial charge is 0.306 e. The minimum Gasteiger partial charge on any atom is -0.462 e. The molecular weight excluding hydrogens is 733 g/mol. The number of carbonyl (C=O) groups excluding carboxylic acids is 3. The summed E-state index contributed by atoms with van der Waals surface area (Å²) in [7, 11) is 0. The number of ether oxygens (including phenoxy) is 3. The third kappa shape index (κ3) is 45.8. The molecule has 0 saturated heterocycles. The maximum absolute atomic E-state index is 12.8. The van der Waals surface area contributed by atoms with E-state index in [4.69, 9.17) is 14.2 Å². The fourth-order valence-electron chi connectivity index (χ4n) is 8.01. The highest BCUT2D eigenvalue weighted by atomic mass is 16.6. The quantitative estimate of drug-likeness (QED) is 0.0345. The predicted molar refractivity (Wildman–Crippen MR) is 252 cm³/mol. The topological polar surface area (TPSA) is 78.9 Å². The molecule has 0 heterocycles. The molecule has 0 bridgehead atoms. The Balaban J connectivity index is 4.19. The van der Waals surface area contributed by atoms with E-state index < -0.39 is 6.10 Å². The van der Waals surface area contributed by atoms with Gasteiger partial charge >= 0.3 is 17.9 Å². The summed E-state index contributed by atoms with van der Waals surface area (Å²) in [5.41, 5.74) is 0. The van der Waals surface area contributed by atoms with Crippen LogP contribution in [0.3, 0.4) is 0 Å². The second-order valence-electron chi connectivity index (χ2n) is 18.4. The Kier molecular flexibility index (Phi) is 46.2.